The number of aromatic nitrogens is 6. The van der Waals surface area contributed by atoms with Gasteiger partial charge in [0.05, 0.1) is 17.3 Å². The lowest BCUT2D eigenvalue weighted by molar-refractivity contribution is -0.117. The number of nitrogens with one attached hydrogen (secondary N) is 1. The lowest BCUT2D eigenvalue weighted by Crippen LogP contribution is -2.34. The van der Waals surface area contributed by atoms with Crippen molar-refractivity contribution < 1.29 is 4.79 Å². The van der Waals surface area contributed by atoms with Crippen LogP contribution in [0.4, 0.5) is 11.6 Å². The fourth-order valence-corrected chi connectivity index (χ4v) is 3.30. The van der Waals surface area contributed by atoms with Gasteiger partial charge in [-0.15, -0.1) is 0 Å². The van der Waals surface area contributed by atoms with E-state index in [2.05, 4.69) is 25.5 Å². The van der Waals surface area contributed by atoms with Gasteiger partial charge in [0.15, 0.2) is 5.65 Å². The molecule has 130 valence electrons. The van der Waals surface area contributed by atoms with Gasteiger partial charge in [-0.25, -0.2) is 9.97 Å². The standard InChI is InChI=1S/C16H20N8O/c1-9-7-13(22(3)21-9)24-6-5-12(16(24)25)20-14-11-8-17-23(4)15(11)19-10(2)18-14/h7-8,12H,5-6H2,1-4H3,(H,18,19,20). The molecule has 3 aromatic rings. The fraction of sp³-hybridized carbons (Fsp3) is 0.438. The monoisotopic (exact) mass is 340 g/mol. The topological polar surface area (TPSA) is 93.8 Å². The van der Waals surface area contributed by atoms with Gasteiger partial charge in [-0.3, -0.25) is 19.1 Å². The van der Waals surface area contributed by atoms with Gasteiger partial charge < -0.3 is 5.32 Å². The Morgan fingerprint density at radius 1 is 1.20 bits per heavy atom. The van der Waals surface area contributed by atoms with Crippen LogP contribution in [0.5, 0.6) is 0 Å². The number of hydrogen-bond acceptors (Lipinski definition) is 6. The van der Waals surface area contributed by atoms with Gasteiger partial charge in [-0.05, 0) is 20.3 Å². The molecule has 1 N–H and O–H groups in total. The van der Waals surface area contributed by atoms with Crippen LogP contribution in [-0.2, 0) is 18.9 Å². The summed E-state index contributed by atoms with van der Waals surface area (Å²) in [6.07, 6.45) is 2.42. The Balaban J connectivity index is 1.62. The molecule has 1 saturated heterocycles. The van der Waals surface area contributed by atoms with E-state index >= 15 is 0 Å². The van der Waals surface area contributed by atoms with Crippen LogP contribution in [0.1, 0.15) is 17.9 Å². The van der Waals surface area contributed by atoms with Crippen molar-refractivity contribution >= 4 is 28.6 Å². The maximum atomic E-state index is 12.9. The third-order valence-corrected chi connectivity index (χ3v) is 4.47. The average molecular weight is 340 g/mol. The van der Waals surface area contributed by atoms with E-state index in [1.165, 1.54) is 0 Å². The summed E-state index contributed by atoms with van der Waals surface area (Å²) in [5.74, 6) is 2.13. The third-order valence-electron chi connectivity index (χ3n) is 4.47. The van der Waals surface area contributed by atoms with Crippen molar-refractivity contribution in [2.75, 3.05) is 16.8 Å². The van der Waals surface area contributed by atoms with E-state index in [4.69, 9.17) is 0 Å². The highest BCUT2D eigenvalue weighted by Gasteiger charge is 2.34. The highest BCUT2D eigenvalue weighted by Crippen LogP contribution is 2.26. The molecule has 0 aromatic carbocycles. The van der Waals surface area contributed by atoms with Gasteiger partial charge in [-0.1, -0.05) is 0 Å². The normalized spacial score (nSPS) is 17.7. The summed E-state index contributed by atoms with van der Waals surface area (Å²) in [4.78, 5) is 23.5. The van der Waals surface area contributed by atoms with Crippen LogP contribution in [0, 0.1) is 13.8 Å². The van der Waals surface area contributed by atoms with E-state index in [-0.39, 0.29) is 11.9 Å². The van der Waals surface area contributed by atoms with Gasteiger partial charge >= 0.3 is 0 Å². The summed E-state index contributed by atoms with van der Waals surface area (Å²) in [6.45, 7) is 4.40. The Labute approximate surface area is 144 Å². The van der Waals surface area contributed by atoms with E-state index in [1.807, 2.05) is 34.0 Å². The van der Waals surface area contributed by atoms with E-state index in [0.29, 0.717) is 24.6 Å². The predicted molar refractivity (Wildman–Crippen MR) is 93.4 cm³/mol. The second-order valence-electron chi connectivity index (χ2n) is 6.37. The van der Waals surface area contributed by atoms with E-state index in [1.54, 1.807) is 20.5 Å². The first-order chi connectivity index (χ1) is 11.9. The van der Waals surface area contributed by atoms with Crippen molar-refractivity contribution in [1.82, 2.24) is 29.5 Å². The molecule has 0 radical (unpaired) electrons. The van der Waals surface area contributed by atoms with Gasteiger partial charge in [0, 0.05) is 26.7 Å². The molecule has 9 heteroatoms. The Bertz CT molecular complexity index is 972. The zero-order chi connectivity index (χ0) is 17.7. The highest BCUT2D eigenvalue weighted by atomic mass is 16.2. The number of rotatable bonds is 3. The molecule has 1 fully saturated rings. The molecule has 0 aliphatic carbocycles. The van der Waals surface area contributed by atoms with Gasteiger partial charge in [0.1, 0.15) is 23.5 Å². The molecular formula is C16H20N8O. The van der Waals surface area contributed by atoms with Crippen LogP contribution in [0.25, 0.3) is 11.0 Å². The Morgan fingerprint density at radius 2 is 2.00 bits per heavy atom. The van der Waals surface area contributed by atoms with Crippen LogP contribution >= 0.6 is 0 Å². The summed E-state index contributed by atoms with van der Waals surface area (Å²) >= 11 is 0. The maximum Gasteiger partial charge on any atom is 0.250 e. The first-order valence-corrected chi connectivity index (χ1v) is 8.19. The van der Waals surface area contributed by atoms with Crippen molar-refractivity contribution in [3.63, 3.8) is 0 Å². The molecular weight excluding hydrogens is 320 g/mol. The molecule has 1 unspecified atom stereocenters. The molecule has 1 amide bonds. The molecule has 1 aliphatic rings. The second kappa shape index (κ2) is 5.54. The molecule has 9 nitrogen and oxygen atoms in total. The molecule has 0 bridgehead atoms. The van der Waals surface area contributed by atoms with Crippen molar-refractivity contribution in [2.24, 2.45) is 14.1 Å². The summed E-state index contributed by atoms with van der Waals surface area (Å²) in [5.41, 5.74) is 1.64. The molecule has 1 aliphatic heterocycles. The number of carbonyl (C=O) groups is 1. The van der Waals surface area contributed by atoms with Crippen molar-refractivity contribution in [1.29, 1.82) is 0 Å². The Hall–Kier alpha value is -2.97. The zero-order valence-electron chi connectivity index (χ0n) is 14.7. The van der Waals surface area contributed by atoms with E-state index < -0.39 is 0 Å². The number of carbonyl (C=O) groups excluding carboxylic acids is 1. The first kappa shape index (κ1) is 15.6. The summed E-state index contributed by atoms with van der Waals surface area (Å²) in [7, 11) is 3.69. The maximum absolute atomic E-state index is 12.9. The summed E-state index contributed by atoms with van der Waals surface area (Å²) in [5, 5.41) is 12.7. The number of hydrogen-bond donors (Lipinski definition) is 1. The van der Waals surface area contributed by atoms with E-state index in [0.717, 1.165) is 22.5 Å². The quantitative estimate of drug-likeness (QED) is 0.762. The van der Waals surface area contributed by atoms with Crippen LogP contribution in [0.2, 0.25) is 0 Å². The van der Waals surface area contributed by atoms with Gasteiger partial charge in [0.25, 0.3) is 5.91 Å². The number of nitrogens with zero attached hydrogens (tertiary/aromatic N) is 7. The number of amides is 1. The SMILES string of the molecule is Cc1cc(N2CCC(Nc3nc(C)nc4c3cnn4C)C2=O)n(C)n1. The summed E-state index contributed by atoms with van der Waals surface area (Å²) in [6, 6.07) is 1.60. The van der Waals surface area contributed by atoms with Crippen LogP contribution in [0.15, 0.2) is 12.3 Å². The molecule has 0 saturated carbocycles. The number of fused-ring (bicyclic) bond motifs is 1. The van der Waals surface area contributed by atoms with Crippen molar-refractivity contribution in [3.8, 4) is 0 Å². The van der Waals surface area contributed by atoms with Gasteiger partial charge in [0.2, 0.25) is 0 Å². The van der Waals surface area contributed by atoms with Crippen LogP contribution in [-0.4, -0.2) is 48.0 Å². The fourth-order valence-electron chi connectivity index (χ4n) is 3.30. The molecule has 3 aromatic heterocycles. The molecule has 4 heterocycles. The van der Waals surface area contributed by atoms with Crippen molar-refractivity contribution in [3.05, 3.63) is 23.8 Å². The average Bonchev–Trinajstić information content (AvgIpc) is 3.19. The summed E-state index contributed by atoms with van der Waals surface area (Å²) < 4.78 is 3.44. The van der Waals surface area contributed by atoms with Crippen molar-refractivity contribution in [2.45, 2.75) is 26.3 Å². The number of anilines is 2. The minimum Gasteiger partial charge on any atom is -0.358 e. The predicted octanol–water partition coefficient (Wildman–Crippen LogP) is 0.931. The highest BCUT2D eigenvalue weighted by molar-refractivity contribution is 6.01. The molecule has 25 heavy (non-hydrogen) atoms. The largest absolute Gasteiger partial charge is 0.358 e. The number of aryl methyl sites for hydroxylation is 4. The Morgan fingerprint density at radius 3 is 2.72 bits per heavy atom. The molecule has 4 rings (SSSR count). The minimum absolute atomic E-state index is 0.0244. The minimum atomic E-state index is -0.326. The zero-order valence-corrected chi connectivity index (χ0v) is 14.7. The smallest absolute Gasteiger partial charge is 0.250 e. The Kier molecular flexibility index (Phi) is 3.45. The lowest BCUT2D eigenvalue weighted by atomic mass is 10.2. The molecule has 0 spiro atoms. The van der Waals surface area contributed by atoms with Crippen LogP contribution in [0.3, 0.4) is 0 Å². The van der Waals surface area contributed by atoms with E-state index in [9.17, 15) is 4.79 Å². The van der Waals surface area contributed by atoms with Crippen LogP contribution < -0.4 is 10.2 Å². The lowest BCUT2D eigenvalue weighted by Gasteiger charge is -2.17. The first-order valence-electron chi connectivity index (χ1n) is 8.19. The molecule has 1 atom stereocenters. The second-order valence-corrected chi connectivity index (χ2v) is 6.37. The van der Waals surface area contributed by atoms with Gasteiger partial charge in [-0.2, -0.15) is 10.2 Å². The third kappa shape index (κ3) is 2.51.